The van der Waals surface area contributed by atoms with Crippen molar-refractivity contribution in [1.82, 2.24) is 15.3 Å². The van der Waals surface area contributed by atoms with E-state index in [0.717, 1.165) is 28.4 Å². The smallest absolute Gasteiger partial charge is 0.253 e. The highest BCUT2D eigenvalue weighted by molar-refractivity contribution is 6.24. The lowest BCUT2D eigenvalue weighted by Crippen LogP contribution is -2.40. The summed E-state index contributed by atoms with van der Waals surface area (Å²) in [6.07, 6.45) is 6.60. The van der Waals surface area contributed by atoms with E-state index in [4.69, 9.17) is 9.73 Å². The second kappa shape index (κ2) is 9.09. The Labute approximate surface area is 192 Å². The molecule has 0 saturated carbocycles. The van der Waals surface area contributed by atoms with Crippen LogP contribution in [0, 0.1) is 0 Å². The monoisotopic (exact) mass is 445 g/mol. The van der Waals surface area contributed by atoms with Gasteiger partial charge in [0.2, 0.25) is 0 Å². The van der Waals surface area contributed by atoms with E-state index in [1.807, 2.05) is 71.9 Å². The van der Waals surface area contributed by atoms with Crippen LogP contribution < -0.4 is 15.5 Å². The fourth-order valence-corrected chi connectivity index (χ4v) is 4.20. The number of hydrogen-bond donors (Lipinski definition) is 3. The normalized spacial score (nSPS) is 20.2. The molecule has 5 rings (SSSR count). The van der Waals surface area contributed by atoms with Gasteiger partial charge in [-0.15, -0.1) is 0 Å². The number of allylic oxidation sites excluding steroid dienone is 2. The zero-order valence-electron chi connectivity index (χ0n) is 18.4. The first kappa shape index (κ1) is 21.2. The molecule has 2 aromatic carbocycles. The number of aliphatic hydroxyl groups excluding tert-OH is 1. The maximum Gasteiger partial charge on any atom is 0.253 e. The predicted octanol–water partition coefficient (Wildman–Crippen LogP) is 2.82. The molecule has 1 saturated heterocycles. The van der Waals surface area contributed by atoms with Crippen molar-refractivity contribution in [1.29, 1.82) is 0 Å². The molecule has 0 spiro atoms. The molecule has 8 nitrogen and oxygen atoms in total. The Bertz CT molecular complexity index is 1100. The van der Waals surface area contributed by atoms with E-state index in [2.05, 4.69) is 10.7 Å². The molecular formula is C25H27N5O3. The fourth-order valence-electron chi connectivity index (χ4n) is 4.20. The summed E-state index contributed by atoms with van der Waals surface area (Å²) in [4.78, 5) is 19.3. The van der Waals surface area contributed by atoms with Crippen molar-refractivity contribution in [2.75, 3.05) is 25.5 Å². The van der Waals surface area contributed by atoms with Crippen LogP contribution in [0.3, 0.4) is 0 Å². The van der Waals surface area contributed by atoms with E-state index in [1.165, 1.54) is 0 Å². The van der Waals surface area contributed by atoms with Gasteiger partial charge in [0.15, 0.2) is 12.1 Å². The molecule has 1 unspecified atom stereocenters. The third kappa shape index (κ3) is 4.48. The minimum Gasteiger partial charge on any atom is -0.497 e. The van der Waals surface area contributed by atoms with Crippen LogP contribution >= 0.6 is 0 Å². The van der Waals surface area contributed by atoms with Crippen LogP contribution in [-0.2, 0) is 0 Å². The van der Waals surface area contributed by atoms with Gasteiger partial charge in [-0.1, -0.05) is 12.1 Å². The number of amidine groups is 1. The Morgan fingerprint density at radius 1 is 1.12 bits per heavy atom. The molecule has 0 radical (unpaired) electrons. The van der Waals surface area contributed by atoms with Crippen molar-refractivity contribution in [3.05, 3.63) is 78.0 Å². The van der Waals surface area contributed by atoms with Crippen molar-refractivity contribution < 1.29 is 14.6 Å². The third-order valence-electron chi connectivity index (χ3n) is 6.07. The summed E-state index contributed by atoms with van der Waals surface area (Å²) in [7, 11) is 1.65. The van der Waals surface area contributed by atoms with Crippen molar-refractivity contribution in [3.8, 4) is 5.75 Å². The molecule has 8 heteroatoms. The Hall–Kier alpha value is -3.62. The van der Waals surface area contributed by atoms with Crippen molar-refractivity contribution in [2.45, 2.75) is 25.2 Å². The maximum absolute atomic E-state index is 12.7. The van der Waals surface area contributed by atoms with Crippen LogP contribution in [0.5, 0.6) is 5.75 Å². The Morgan fingerprint density at radius 3 is 2.55 bits per heavy atom. The average Bonchev–Trinajstić information content (AvgIpc) is 3.27. The second-order valence-electron chi connectivity index (χ2n) is 8.25. The minimum absolute atomic E-state index is 0.00391. The van der Waals surface area contributed by atoms with Gasteiger partial charge in [0.1, 0.15) is 5.75 Å². The number of rotatable bonds is 5. The number of aliphatic hydroxyl groups is 1. The third-order valence-corrected chi connectivity index (χ3v) is 6.07. The highest BCUT2D eigenvalue weighted by Crippen LogP contribution is 2.27. The maximum atomic E-state index is 12.7. The predicted molar refractivity (Wildman–Crippen MR) is 128 cm³/mol. The van der Waals surface area contributed by atoms with Crippen LogP contribution in [-0.4, -0.2) is 59.4 Å². The lowest BCUT2D eigenvalue weighted by Gasteiger charge is -2.29. The van der Waals surface area contributed by atoms with E-state index < -0.39 is 0 Å². The van der Waals surface area contributed by atoms with Gasteiger partial charge in [-0.25, -0.2) is 4.99 Å². The van der Waals surface area contributed by atoms with Gasteiger partial charge < -0.3 is 20.1 Å². The lowest BCUT2D eigenvalue weighted by atomic mass is 10.0. The summed E-state index contributed by atoms with van der Waals surface area (Å²) >= 11 is 0. The number of hydrogen-bond acceptors (Lipinski definition) is 7. The molecule has 2 aromatic rings. The lowest BCUT2D eigenvalue weighted by molar-refractivity contribution is 0.0546. The number of nitrogens with zero attached hydrogens (tertiary/aromatic N) is 3. The number of carbonyl (C=O) groups is 1. The number of methoxy groups -OCH3 is 1. The van der Waals surface area contributed by atoms with Crippen LogP contribution in [0.15, 0.2) is 71.9 Å². The van der Waals surface area contributed by atoms with Crippen LogP contribution in [0.25, 0.3) is 5.57 Å². The first-order valence-corrected chi connectivity index (χ1v) is 11.1. The number of aliphatic imine (C=N–C) groups is 1. The van der Waals surface area contributed by atoms with E-state index in [-0.39, 0.29) is 18.3 Å². The van der Waals surface area contributed by atoms with Gasteiger partial charge in [0.25, 0.3) is 5.91 Å². The van der Waals surface area contributed by atoms with Gasteiger partial charge in [-0.05, 0) is 67.0 Å². The molecule has 3 aliphatic rings. The molecule has 0 aliphatic carbocycles. The van der Waals surface area contributed by atoms with Crippen LogP contribution in [0.2, 0.25) is 0 Å². The Kier molecular flexibility index (Phi) is 5.85. The molecule has 1 atom stereocenters. The standard InChI is InChI=1S/C25H27N5O3/c1-33-21-10-6-17(7-11-21)22-3-2-14-30-23(22)27-25(28-30)26-19-8-4-18(5-9-19)24(32)29-15-12-20(31)13-16-29/h2-11,14,20,25-26,28,31H,12-13,15-16H2,1H3. The number of amides is 1. The number of benzene rings is 2. The summed E-state index contributed by atoms with van der Waals surface area (Å²) in [5, 5.41) is 14.9. The second-order valence-corrected chi connectivity index (χ2v) is 8.25. The molecule has 170 valence electrons. The zero-order chi connectivity index (χ0) is 22.8. The van der Waals surface area contributed by atoms with Crippen molar-refractivity contribution in [3.63, 3.8) is 0 Å². The zero-order valence-corrected chi connectivity index (χ0v) is 18.4. The molecule has 3 aliphatic heterocycles. The van der Waals surface area contributed by atoms with E-state index in [9.17, 15) is 9.90 Å². The largest absolute Gasteiger partial charge is 0.497 e. The van der Waals surface area contributed by atoms with Gasteiger partial charge in [0, 0.05) is 36.1 Å². The molecule has 1 fully saturated rings. The molecule has 33 heavy (non-hydrogen) atoms. The topological polar surface area (TPSA) is 89.4 Å². The summed E-state index contributed by atoms with van der Waals surface area (Å²) < 4.78 is 5.26. The Balaban J connectivity index is 1.26. The quantitative estimate of drug-likeness (QED) is 0.656. The number of likely N-dealkylation sites (tertiary alicyclic amines) is 1. The molecule has 3 heterocycles. The van der Waals surface area contributed by atoms with E-state index in [1.54, 1.807) is 12.0 Å². The summed E-state index contributed by atoms with van der Waals surface area (Å²) in [6, 6.07) is 15.3. The van der Waals surface area contributed by atoms with Crippen LogP contribution in [0.1, 0.15) is 28.8 Å². The first-order valence-electron chi connectivity index (χ1n) is 11.1. The summed E-state index contributed by atoms with van der Waals surface area (Å²) in [5.41, 5.74) is 6.91. The van der Waals surface area contributed by atoms with Crippen molar-refractivity contribution >= 4 is 23.0 Å². The number of hydrazine groups is 1. The minimum atomic E-state index is -0.338. The van der Waals surface area contributed by atoms with Gasteiger partial charge in [-0.2, -0.15) is 5.43 Å². The van der Waals surface area contributed by atoms with Crippen LogP contribution in [0.4, 0.5) is 5.69 Å². The Morgan fingerprint density at radius 2 is 1.85 bits per heavy atom. The number of anilines is 1. The molecule has 0 aromatic heterocycles. The summed E-state index contributed by atoms with van der Waals surface area (Å²) in [6.45, 7) is 1.19. The van der Waals surface area contributed by atoms with Gasteiger partial charge in [-0.3, -0.25) is 9.80 Å². The number of piperidine rings is 1. The SMILES string of the molecule is COc1ccc(C2=CC=CN3NC(Nc4ccc(C(=O)N5CCC(O)CC5)cc4)N=C23)cc1. The van der Waals surface area contributed by atoms with Gasteiger partial charge in [0.05, 0.1) is 13.2 Å². The van der Waals surface area contributed by atoms with Gasteiger partial charge >= 0.3 is 0 Å². The van der Waals surface area contributed by atoms with Crippen molar-refractivity contribution in [2.24, 2.45) is 4.99 Å². The molecular weight excluding hydrogens is 418 g/mol. The average molecular weight is 446 g/mol. The highest BCUT2D eigenvalue weighted by atomic mass is 16.5. The molecule has 0 bridgehead atoms. The number of carbonyl (C=O) groups excluding carboxylic acids is 1. The van der Waals surface area contributed by atoms with E-state index in [0.29, 0.717) is 31.5 Å². The summed E-state index contributed by atoms with van der Waals surface area (Å²) in [5.74, 6) is 1.65. The number of fused-ring (bicyclic) bond motifs is 1. The number of ether oxygens (including phenoxy) is 1. The first-order chi connectivity index (χ1) is 16.1. The van der Waals surface area contributed by atoms with E-state index >= 15 is 0 Å². The fraction of sp³-hybridized carbons (Fsp3) is 0.280. The molecule has 1 amide bonds. The molecule has 3 N–H and O–H groups in total. The highest BCUT2D eigenvalue weighted by Gasteiger charge is 2.28. The number of nitrogens with one attached hydrogen (secondary N) is 2.